The molecule has 118 valence electrons. The number of rotatable bonds is 6. The van der Waals surface area contributed by atoms with Crippen molar-refractivity contribution in [2.75, 3.05) is 26.7 Å². The van der Waals surface area contributed by atoms with E-state index in [9.17, 15) is 0 Å². The van der Waals surface area contributed by atoms with E-state index in [1.54, 1.807) is 0 Å². The zero-order chi connectivity index (χ0) is 15.3. The van der Waals surface area contributed by atoms with Gasteiger partial charge < -0.3 is 10.2 Å². The summed E-state index contributed by atoms with van der Waals surface area (Å²) in [6.07, 6.45) is 4.11. The van der Waals surface area contributed by atoms with Gasteiger partial charge in [0.2, 0.25) is 0 Å². The van der Waals surface area contributed by atoms with Gasteiger partial charge in [-0.05, 0) is 43.3 Å². The van der Waals surface area contributed by atoms with Crippen molar-refractivity contribution in [1.82, 2.24) is 10.2 Å². The molecule has 1 aliphatic rings. The van der Waals surface area contributed by atoms with Gasteiger partial charge in [-0.2, -0.15) is 0 Å². The van der Waals surface area contributed by atoms with Gasteiger partial charge in [-0.1, -0.05) is 57.5 Å². The van der Waals surface area contributed by atoms with Crippen LogP contribution in [0.25, 0.3) is 0 Å². The first kappa shape index (κ1) is 16.5. The molecule has 0 bridgehead atoms. The average molecular weight is 288 g/mol. The monoisotopic (exact) mass is 288 g/mol. The first-order valence-electron chi connectivity index (χ1n) is 8.51. The second-order valence-electron chi connectivity index (χ2n) is 7.27. The quantitative estimate of drug-likeness (QED) is 0.848. The molecular weight excluding hydrogens is 256 g/mol. The fourth-order valence-electron chi connectivity index (χ4n) is 3.95. The van der Waals surface area contributed by atoms with Crippen molar-refractivity contribution >= 4 is 0 Å². The molecule has 0 amide bonds. The lowest BCUT2D eigenvalue weighted by molar-refractivity contribution is 0.0967. The molecule has 0 aliphatic carbocycles. The van der Waals surface area contributed by atoms with Crippen LogP contribution in [-0.4, -0.2) is 31.6 Å². The third kappa shape index (κ3) is 4.31. The second kappa shape index (κ2) is 7.42. The Morgan fingerprint density at radius 2 is 2.00 bits per heavy atom. The van der Waals surface area contributed by atoms with Crippen LogP contribution in [0.5, 0.6) is 0 Å². The molecule has 2 nitrogen and oxygen atoms in total. The van der Waals surface area contributed by atoms with Crippen LogP contribution in [-0.2, 0) is 0 Å². The van der Waals surface area contributed by atoms with E-state index in [1.807, 2.05) is 0 Å². The van der Waals surface area contributed by atoms with E-state index >= 15 is 0 Å². The summed E-state index contributed by atoms with van der Waals surface area (Å²) in [6, 6.07) is 11.3. The van der Waals surface area contributed by atoms with Gasteiger partial charge in [0, 0.05) is 19.1 Å². The molecule has 0 aromatic heterocycles. The Balaban J connectivity index is 2.05. The lowest BCUT2D eigenvalue weighted by Gasteiger charge is -2.41. The van der Waals surface area contributed by atoms with E-state index in [0.717, 1.165) is 5.92 Å². The summed E-state index contributed by atoms with van der Waals surface area (Å²) in [7, 11) is 2.09. The first-order valence-corrected chi connectivity index (χ1v) is 8.51. The third-order valence-corrected chi connectivity index (χ3v) is 5.01. The molecular formula is C19H32N2. The van der Waals surface area contributed by atoms with Crippen LogP contribution in [0.1, 0.15) is 51.6 Å². The highest BCUT2D eigenvalue weighted by molar-refractivity contribution is 5.21. The standard InChI is InChI=1S/C19H32N2/c1-5-16-10-9-13-21(14-16)15-19(2,3)18(20-4)17-11-7-6-8-12-17/h6-8,11-12,16,18,20H,5,9-10,13-15H2,1-4H3. The Bertz CT molecular complexity index is 413. The fourth-order valence-corrected chi connectivity index (χ4v) is 3.95. The zero-order valence-electron chi connectivity index (χ0n) is 14.2. The van der Waals surface area contributed by atoms with Crippen LogP contribution in [0.3, 0.4) is 0 Å². The average Bonchev–Trinajstić information content (AvgIpc) is 2.48. The SMILES string of the molecule is CCC1CCCN(CC(C)(C)C(NC)c2ccccc2)C1. The van der Waals surface area contributed by atoms with Gasteiger partial charge in [0.1, 0.15) is 0 Å². The van der Waals surface area contributed by atoms with Crippen LogP contribution in [0.2, 0.25) is 0 Å². The Morgan fingerprint density at radius 3 is 2.62 bits per heavy atom. The molecule has 21 heavy (non-hydrogen) atoms. The summed E-state index contributed by atoms with van der Waals surface area (Å²) < 4.78 is 0. The van der Waals surface area contributed by atoms with Crippen molar-refractivity contribution in [2.24, 2.45) is 11.3 Å². The predicted octanol–water partition coefficient (Wildman–Crippen LogP) is 4.10. The van der Waals surface area contributed by atoms with E-state index in [0.29, 0.717) is 6.04 Å². The van der Waals surface area contributed by atoms with E-state index < -0.39 is 0 Å². The van der Waals surface area contributed by atoms with Gasteiger partial charge in [0.15, 0.2) is 0 Å². The van der Waals surface area contributed by atoms with E-state index in [1.165, 1.54) is 44.5 Å². The number of hydrogen-bond acceptors (Lipinski definition) is 2. The molecule has 2 rings (SSSR count). The zero-order valence-corrected chi connectivity index (χ0v) is 14.2. The highest BCUT2D eigenvalue weighted by Crippen LogP contribution is 2.35. The highest BCUT2D eigenvalue weighted by Gasteiger charge is 2.32. The van der Waals surface area contributed by atoms with Gasteiger partial charge in [0.25, 0.3) is 0 Å². The lowest BCUT2D eigenvalue weighted by atomic mass is 9.79. The van der Waals surface area contributed by atoms with Crippen molar-refractivity contribution in [1.29, 1.82) is 0 Å². The molecule has 1 aromatic rings. The molecule has 1 aliphatic heterocycles. The van der Waals surface area contributed by atoms with Crippen molar-refractivity contribution in [3.8, 4) is 0 Å². The molecule has 2 heteroatoms. The molecule has 2 unspecified atom stereocenters. The van der Waals surface area contributed by atoms with E-state index in [4.69, 9.17) is 0 Å². The maximum atomic E-state index is 3.55. The largest absolute Gasteiger partial charge is 0.313 e. The summed E-state index contributed by atoms with van der Waals surface area (Å²) in [5.74, 6) is 0.902. The van der Waals surface area contributed by atoms with Crippen molar-refractivity contribution in [2.45, 2.75) is 46.1 Å². The second-order valence-corrected chi connectivity index (χ2v) is 7.27. The minimum atomic E-state index is 0.228. The fraction of sp³-hybridized carbons (Fsp3) is 0.684. The number of likely N-dealkylation sites (tertiary alicyclic amines) is 1. The van der Waals surface area contributed by atoms with Gasteiger partial charge in [-0.25, -0.2) is 0 Å². The molecule has 1 N–H and O–H groups in total. The Morgan fingerprint density at radius 1 is 1.29 bits per heavy atom. The van der Waals surface area contributed by atoms with Gasteiger partial charge >= 0.3 is 0 Å². The molecule has 0 saturated carbocycles. The van der Waals surface area contributed by atoms with Crippen molar-refractivity contribution in [3.63, 3.8) is 0 Å². The number of benzene rings is 1. The number of hydrogen-bond donors (Lipinski definition) is 1. The van der Waals surface area contributed by atoms with Gasteiger partial charge in [-0.15, -0.1) is 0 Å². The maximum Gasteiger partial charge on any atom is 0.0381 e. The summed E-state index contributed by atoms with van der Waals surface area (Å²) in [5, 5.41) is 3.55. The number of nitrogens with one attached hydrogen (secondary N) is 1. The summed E-state index contributed by atoms with van der Waals surface area (Å²) in [4.78, 5) is 2.69. The Labute approximate surface area is 130 Å². The summed E-state index contributed by atoms with van der Waals surface area (Å²) in [6.45, 7) is 10.9. The van der Waals surface area contributed by atoms with Crippen molar-refractivity contribution in [3.05, 3.63) is 35.9 Å². The normalized spacial score (nSPS) is 22.2. The van der Waals surface area contributed by atoms with Crippen LogP contribution >= 0.6 is 0 Å². The number of nitrogens with zero attached hydrogens (tertiary/aromatic N) is 1. The van der Waals surface area contributed by atoms with E-state index in [2.05, 4.69) is 68.4 Å². The first-order chi connectivity index (χ1) is 10.1. The molecule has 1 aromatic carbocycles. The summed E-state index contributed by atoms with van der Waals surface area (Å²) in [5.41, 5.74) is 1.63. The molecule has 0 radical (unpaired) electrons. The van der Waals surface area contributed by atoms with Crippen LogP contribution in [0.15, 0.2) is 30.3 Å². The van der Waals surface area contributed by atoms with E-state index in [-0.39, 0.29) is 5.41 Å². The van der Waals surface area contributed by atoms with Crippen LogP contribution in [0.4, 0.5) is 0 Å². The summed E-state index contributed by atoms with van der Waals surface area (Å²) >= 11 is 0. The van der Waals surface area contributed by atoms with Gasteiger partial charge in [-0.3, -0.25) is 0 Å². The molecule has 1 fully saturated rings. The predicted molar refractivity (Wildman–Crippen MR) is 91.5 cm³/mol. The Hall–Kier alpha value is -0.860. The topological polar surface area (TPSA) is 15.3 Å². The lowest BCUT2D eigenvalue weighted by Crippen LogP contribution is -2.45. The minimum Gasteiger partial charge on any atom is -0.313 e. The minimum absolute atomic E-state index is 0.228. The molecule has 2 atom stereocenters. The van der Waals surface area contributed by atoms with Crippen LogP contribution < -0.4 is 5.32 Å². The molecule has 0 spiro atoms. The maximum absolute atomic E-state index is 3.55. The van der Waals surface area contributed by atoms with Crippen LogP contribution in [0, 0.1) is 11.3 Å². The molecule has 1 heterocycles. The highest BCUT2D eigenvalue weighted by atomic mass is 15.1. The smallest absolute Gasteiger partial charge is 0.0381 e. The molecule has 1 saturated heterocycles. The van der Waals surface area contributed by atoms with Crippen molar-refractivity contribution < 1.29 is 0 Å². The third-order valence-electron chi connectivity index (χ3n) is 5.01. The van der Waals surface area contributed by atoms with Gasteiger partial charge in [0.05, 0.1) is 0 Å². The Kier molecular flexibility index (Phi) is 5.83. The number of piperidine rings is 1.